The Kier molecular flexibility index (Phi) is 3.47. The fraction of sp³-hybridized carbons (Fsp3) is 0.529. The standard InChI is InChI=1S/C17H24N2O/c1-12-15(17(11-18)9-4-3-5-10-17)13-7-6-8-14(20-2)16(13)19-12/h6-8,19H,3-5,9-11,18H2,1-2H3. The van der Waals surface area contributed by atoms with Gasteiger partial charge in [0, 0.05) is 23.0 Å². The molecule has 0 bridgehead atoms. The highest BCUT2D eigenvalue weighted by atomic mass is 16.5. The molecule has 3 nitrogen and oxygen atoms in total. The fourth-order valence-electron chi connectivity index (χ4n) is 3.96. The van der Waals surface area contributed by atoms with E-state index in [4.69, 9.17) is 10.5 Å². The van der Waals surface area contributed by atoms with E-state index in [2.05, 4.69) is 24.0 Å². The minimum Gasteiger partial charge on any atom is -0.495 e. The maximum atomic E-state index is 6.21. The number of aromatic nitrogens is 1. The number of aryl methyl sites for hydroxylation is 1. The largest absolute Gasteiger partial charge is 0.495 e. The Bertz CT molecular complexity index is 609. The molecule has 0 radical (unpaired) electrons. The molecular weight excluding hydrogens is 248 g/mol. The Hall–Kier alpha value is -1.48. The Morgan fingerprint density at radius 1 is 1.25 bits per heavy atom. The predicted octanol–water partition coefficient (Wildman–Crippen LogP) is 3.65. The quantitative estimate of drug-likeness (QED) is 0.896. The van der Waals surface area contributed by atoms with E-state index in [0.29, 0.717) is 0 Å². The number of rotatable bonds is 3. The van der Waals surface area contributed by atoms with Crippen molar-refractivity contribution in [1.82, 2.24) is 4.98 Å². The molecule has 1 aromatic heterocycles. The molecule has 1 saturated carbocycles. The molecule has 1 heterocycles. The number of ether oxygens (including phenoxy) is 1. The molecule has 1 aromatic carbocycles. The van der Waals surface area contributed by atoms with E-state index in [0.717, 1.165) is 17.8 Å². The monoisotopic (exact) mass is 272 g/mol. The van der Waals surface area contributed by atoms with Crippen molar-refractivity contribution >= 4 is 10.9 Å². The Morgan fingerprint density at radius 3 is 2.65 bits per heavy atom. The van der Waals surface area contributed by atoms with Gasteiger partial charge in [-0.3, -0.25) is 0 Å². The van der Waals surface area contributed by atoms with Gasteiger partial charge in [-0.25, -0.2) is 0 Å². The molecule has 3 rings (SSSR count). The number of hydrogen-bond donors (Lipinski definition) is 2. The average Bonchev–Trinajstić information content (AvgIpc) is 2.84. The molecule has 20 heavy (non-hydrogen) atoms. The van der Waals surface area contributed by atoms with Gasteiger partial charge in [0.2, 0.25) is 0 Å². The van der Waals surface area contributed by atoms with Crippen LogP contribution in [0.4, 0.5) is 0 Å². The van der Waals surface area contributed by atoms with Gasteiger partial charge in [0.25, 0.3) is 0 Å². The zero-order chi connectivity index (χ0) is 14.2. The first-order valence-electron chi connectivity index (χ1n) is 7.58. The number of H-pyrrole nitrogens is 1. The third-order valence-corrected chi connectivity index (χ3v) is 4.93. The zero-order valence-electron chi connectivity index (χ0n) is 12.5. The first kappa shape index (κ1) is 13.5. The molecule has 1 aliphatic carbocycles. The number of nitrogens with one attached hydrogen (secondary N) is 1. The molecule has 0 amide bonds. The van der Waals surface area contributed by atoms with Crippen molar-refractivity contribution in [2.45, 2.75) is 44.4 Å². The van der Waals surface area contributed by atoms with Crippen LogP contribution in [0.2, 0.25) is 0 Å². The lowest BCUT2D eigenvalue weighted by atomic mass is 9.68. The maximum Gasteiger partial charge on any atom is 0.142 e. The third kappa shape index (κ3) is 1.92. The van der Waals surface area contributed by atoms with E-state index >= 15 is 0 Å². The van der Waals surface area contributed by atoms with Crippen LogP contribution in [0.5, 0.6) is 5.75 Å². The lowest BCUT2D eigenvalue weighted by molar-refractivity contribution is 0.302. The number of benzene rings is 1. The normalized spacial score (nSPS) is 18.4. The smallest absolute Gasteiger partial charge is 0.142 e. The minimum atomic E-state index is 0.146. The van der Waals surface area contributed by atoms with E-state index in [1.54, 1.807) is 7.11 Å². The Morgan fingerprint density at radius 2 is 2.00 bits per heavy atom. The van der Waals surface area contributed by atoms with Crippen LogP contribution in [0, 0.1) is 6.92 Å². The van der Waals surface area contributed by atoms with Crippen LogP contribution in [0.3, 0.4) is 0 Å². The summed E-state index contributed by atoms with van der Waals surface area (Å²) in [5.74, 6) is 0.917. The Balaban J connectivity index is 2.22. The van der Waals surface area contributed by atoms with Crippen molar-refractivity contribution in [1.29, 1.82) is 0 Å². The zero-order valence-corrected chi connectivity index (χ0v) is 12.5. The van der Waals surface area contributed by atoms with Gasteiger partial charge in [-0.2, -0.15) is 0 Å². The summed E-state index contributed by atoms with van der Waals surface area (Å²) in [6, 6.07) is 6.28. The van der Waals surface area contributed by atoms with Crippen molar-refractivity contribution in [3.63, 3.8) is 0 Å². The van der Waals surface area contributed by atoms with Gasteiger partial charge >= 0.3 is 0 Å². The lowest BCUT2D eigenvalue weighted by Gasteiger charge is -2.37. The first-order valence-corrected chi connectivity index (χ1v) is 7.58. The minimum absolute atomic E-state index is 0.146. The molecule has 1 fully saturated rings. The summed E-state index contributed by atoms with van der Waals surface area (Å²) in [5.41, 5.74) is 10.1. The highest BCUT2D eigenvalue weighted by Crippen LogP contribution is 2.44. The van der Waals surface area contributed by atoms with E-state index in [1.165, 1.54) is 48.7 Å². The number of para-hydroxylation sites is 1. The van der Waals surface area contributed by atoms with Crippen LogP contribution in [-0.2, 0) is 5.41 Å². The van der Waals surface area contributed by atoms with Crippen molar-refractivity contribution in [3.8, 4) is 5.75 Å². The first-order chi connectivity index (χ1) is 9.72. The van der Waals surface area contributed by atoms with Gasteiger partial charge < -0.3 is 15.5 Å². The predicted molar refractivity (Wildman–Crippen MR) is 83.4 cm³/mol. The SMILES string of the molecule is COc1cccc2c(C3(CN)CCCCC3)c(C)[nH]c12. The summed E-state index contributed by atoms with van der Waals surface area (Å²) in [7, 11) is 1.73. The van der Waals surface area contributed by atoms with Gasteiger partial charge in [-0.05, 0) is 31.4 Å². The second-order valence-corrected chi connectivity index (χ2v) is 6.05. The van der Waals surface area contributed by atoms with Gasteiger partial charge in [-0.15, -0.1) is 0 Å². The molecule has 0 atom stereocenters. The summed E-state index contributed by atoms with van der Waals surface area (Å²) < 4.78 is 5.49. The Labute approximate surface area is 120 Å². The van der Waals surface area contributed by atoms with Crippen LogP contribution in [0.25, 0.3) is 10.9 Å². The van der Waals surface area contributed by atoms with E-state index in [1.807, 2.05) is 6.07 Å². The molecule has 1 aliphatic rings. The van der Waals surface area contributed by atoms with Gasteiger partial charge in [0.1, 0.15) is 5.75 Å². The maximum absolute atomic E-state index is 6.21. The van der Waals surface area contributed by atoms with Crippen molar-refractivity contribution in [2.24, 2.45) is 5.73 Å². The number of hydrogen-bond acceptors (Lipinski definition) is 2. The van der Waals surface area contributed by atoms with Gasteiger partial charge in [-0.1, -0.05) is 31.4 Å². The van der Waals surface area contributed by atoms with E-state index in [-0.39, 0.29) is 5.41 Å². The van der Waals surface area contributed by atoms with Gasteiger partial charge in [0.05, 0.1) is 12.6 Å². The molecule has 0 unspecified atom stereocenters. The summed E-state index contributed by atoms with van der Waals surface area (Å²) in [4.78, 5) is 3.52. The van der Waals surface area contributed by atoms with E-state index in [9.17, 15) is 0 Å². The lowest BCUT2D eigenvalue weighted by Crippen LogP contribution is -2.37. The summed E-state index contributed by atoms with van der Waals surface area (Å²) in [5, 5.41) is 1.29. The molecule has 2 aromatic rings. The summed E-state index contributed by atoms with van der Waals surface area (Å²) in [6.45, 7) is 2.90. The van der Waals surface area contributed by atoms with Gasteiger partial charge in [0.15, 0.2) is 0 Å². The fourth-order valence-corrected chi connectivity index (χ4v) is 3.96. The number of methoxy groups -OCH3 is 1. The molecule has 108 valence electrons. The topological polar surface area (TPSA) is 51.0 Å². The second kappa shape index (κ2) is 5.13. The third-order valence-electron chi connectivity index (χ3n) is 4.93. The van der Waals surface area contributed by atoms with Crippen LogP contribution in [0.1, 0.15) is 43.4 Å². The number of nitrogens with two attached hydrogens (primary N) is 1. The van der Waals surface area contributed by atoms with Crippen LogP contribution < -0.4 is 10.5 Å². The molecule has 0 aliphatic heterocycles. The molecule has 3 heteroatoms. The highest BCUT2D eigenvalue weighted by Gasteiger charge is 2.36. The summed E-state index contributed by atoms with van der Waals surface area (Å²) in [6.07, 6.45) is 6.32. The van der Waals surface area contributed by atoms with Crippen LogP contribution in [0.15, 0.2) is 18.2 Å². The molecule has 0 saturated heterocycles. The van der Waals surface area contributed by atoms with Crippen LogP contribution >= 0.6 is 0 Å². The summed E-state index contributed by atoms with van der Waals surface area (Å²) >= 11 is 0. The van der Waals surface area contributed by atoms with Crippen LogP contribution in [-0.4, -0.2) is 18.6 Å². The molecule has 0 spiro atoms. The molecule has 3 N–H and O–H groups in total. The highest BCUT2D eigenvalue weighted by molar-refractivity contribution is 5.90. The number of fused-ring (bicyclic) bond motifs is 1. The van der Waals surface area contributed by atoms with Crippen molar-refractivity contribution < 1.29 is 4.74 Å². The number of aromatic amines is 1. The average molecular weight is 272 g/mol. The second-order valence-electron chi connectivity index (χ2n) is 6.05. The molecular formula is C17H24N2O. The van der Waals surface area contributed by atoms with Crippen molar-refractivity contribution in [3.05, 3.63) is 29.5 Å². The van der Waals surface area contributed by atoms with Crippen molar-refractivity contribution in [2.75, 3.05) is 13.7 Å². The van der Waals surface area contributed by atoms with E-state index < -0.39 is 0 Å².